The molecule has 0 aliphatic carbocycles. The molecule has 1 N–H and O–H groups in total. The highest BCUT2D eigenvalue weighted by Gasteiger charge is 2.29. The van der Waals surface area contributed by atoms with Gasteiger partial charge in [-0.05, 0) is 45.8 Å². The summed E-state index contributed by atoms with van der Waals surface area (Å²) in [5, 5.41) is 8.84. The van der Waals surface area contributed by atoms with Crippen LogP contribution in [0, 0.1) is 0 Å². The lowest BCUT2D eigenvalue weighted by atomic mass is 10.1. The monoisotopic (exact) mass is 349 g/mol. The Balaban J connectivity index is 0.000000521. The lowest BCUT2D eigenvalue weighted by Gasteiger charge is -2.25. The van der Waals surface area contributed by atoms with E-state index in [9.17, 15) is 9.59 Å². The Kier molecular flexibility index (Phi) is 5.34. The normalized spacial score (nSPS) is 21.7. The summed E-state index contributed by atoms with van der Waals surface area (Å²) in [5.41, 5.74) is 4.41. The Hall–Kier alpha value is -2.40. The second-order valence-electron chi connectivity index (χ2n) is 6.49. The summed E-state index contributed by atoms with van der Waals surface area (Å²) in [6.07, 6.45) is -1.00. The second-order valence-corrected chi connectivity index (χ2v) is 6.49. The van der Waals surface area contributed by atoms with E-state index >= 15 is 0 Å². The molecular weight excluding hydrogens is 318 g/mol. The molecule has 5 heteroatoms. The topological polar surface area (TPSA) is 66.8 Å². The van der Waals surface area contributed by atoms with E-state index in [0.717, 1.165) is 12.1 Å². The number of benzene rings is 1. The quantitative estimate of drug-likeness (QED) is 0.828. The number of nitrogens with zero attached hydrogens (tertiary/aromatic N) is 1. The van der Waals surface area contributed by atoms with Gasteiger partial charge < -0.3 is 14.7 Å². The number of ether oxygens (including phenoxy) is 1. The molecule has 0 fully saturated rings. The van der Waals surface area contributed by atoms with Gasteiger partial charge in [0.05, 0.1) is 6.04 Å². The Morgan fingerprint density at radius 2 is 1.80 bits per heavy atom. The molecule has 2 heterocycles. The van der Waals surface area contributed by atoms with Gasteiger partial charge in [-0.15, -0.1) is 0 Å². The zero-order valence-electron chi connectivity index (χ0n) is 17.4. The lowest BCUT2D eigenvalue weighted by molar-refractivity contribution is -0.151. The largest absolute Gasteiger partial charge is 0.428 e. The fourth-order valence-electron chi connectivity index (χ4n) is 2.69. The van der Waals surface area contributed by atoms with Crippen LogP contribution < -0.4 is 0 Å². The molecular formula is C20H29NO4. The fourth-order valence-corrected chi connectivity index (χ4v) is 2.69. The Labute approximate surface area is 153 Å². The smallest absolute Gasteiger partial charge is 0.336 e. The van der Waals surface area contributed by atoms with E-state index in [1.165, 1.54) is 11.1 Å². The van der Waals surface area contributed by atoms with Gasteiger partial charge in [0.15, 0.2) is 0 Å². The summed E-state index contributed by atoms with van der Waals surface area (Å²) in [6, 6.07) is 10.3. The number of aliphatic hydroxyl groups excluding tert-OH is 1. The van der Waals surface area contributed by atoms with E-state index in [1.54, 1.807) is 13.8 Å². The number of hydrogen-bond donors (Lipinski definition) is 1. The summed E-state index contributed by atoms with van der Waals surface area (Å²) in [7, 11) is 0. The summed E-state index contributed by atoms with van der Waals surface area (Å²) in [4.78, 5) is 24.5. The van der Waals surface area contributed by atoms with Crippen LogP contribution in [-0.2, 0) is 14.3 Å². The molecule has 2 unspecified atom stereocenters. The average molecular weight is 349 g/mol. The van der Waals surface area contributed by atoms with Crippen molar-refractivity contribution in [2.24, 2.45) is 0 Å². The number of aliphatic hydroxyl groups is 1. The molecule has 0 bridgehead atoms. The molecule has 25 heavy (non-hydrogen) atoms. The third-order valence-electron chi connectivity index (χ3n) is 4.87. The zero-order valence-corrected chi connectivity index (χ0v) is 15.4. The summed E-state index contributed by atoms with van der Waals surface area (Å²) >= 11 is 0. The molecule has 0 saturated carbocycles. The lowest BCUT2D eigenvalue weighted by Crippen LogP contribution is -2.29. The number of esters is 1. The van der Waals surface area contributed by atoms with Crippen LogP contribution in [-0.4, -0.2) is 34.7 Å². The van der Waals surface area contributed by atoms with E-state index in [-0.39, 0.29) is 13.4 Å². The van der Waals surface area contributed by atoms with Gasteiger partial charge in [0.25, 0.3) is 0 Å². The van der Waals surface area contributed by atoms with Crippen molar-refractivity contribution in [2.75, 3.05) is 6.54 Å². The van der Waals surface area contributed by atoms with Crippen molar-refractivity contribution in [3.63, 3.8) is 0 Å². The van der Waals surface area contributed by atoms with Crippen LogP contribution in [0.5, 0.6) is 0 Å². The van der Waals surface area contributed by atoms with Crippen LogP contribution >= 0.6 is 0 Å². The van der Waals surface area contributed by atoms with Crippen LogP contribution in [0.2, 0.25) is 0 Å². The Morgan fingerprint density at radius 3 is 2.16 bits per heavy atom. The third-order valence-corrected chi connectivity index (χ3v) is 4.87. The summed E-state index contributed by atoms with van der Waals surface area (Å²) in [5.74, 6) is -0.242. The average Bonchev–Trinajstić information content (AvgIpc) is 3.08. The first-order chi connectivity index (χ1) is 12.7. The van der Waals surface area contributed by atoms with Crippen LogP contribution in [0.25, 0.3) is 0 Å². The minimum Gasteiger partial charge on any atom is -0.428 e. The number of cyclic esters (lactones) is 1. The van der Waals surface area contributed by atoms with Gasteiger partial charge in [0.1, 0.15) is 0 Å². The first-order valence-electron chi connectivity index (χ1n) is 9.32. The maximum absolute atomic E-state index is 12.0. The molecule has 138 valence electrons. The molecule has 1 aromatic rings. The summed E-state index contributed by atoms with van der Waals surface area (Å²) < 4.78 is 14.4. The van der Waals surface area contributed by atoms with Gasteiger partial charge in [-0.1, -0.05) is 30.3 Å². The van der Waals surface area contributed by atoms with Crippen molar-refractivity contribution < 1.29 is 23.8 Å². The maximum atomic E-state index is 12.0. The minimum absolute atomic E-state index is 0. The van der Waals surface area contributed by atoms with E-state index in [2.05, 4.69) is 23.8 Å². The van der Waals surface area contributed by atoms with E-state index in [4.69, 9.17) is 8.08 Å². The molecule has 0 radical (unpaired) electrons. The van der Waals surface area contributed by atoms with Crippen molar-refractivity contribution in [1.29, 1.82) is 0 Å². The second kappa shape index (κ2) is 7.66. The van der Waals surface area contributed by atoms with Crippen molar-refractivity contribution in [1.82, 2.24) is 4.90 Å². The number of amides is 1. The van der Waals surface area contributed by atoms with Crippen LogP contribution in [0.15, 0.2) is 52.6 Å². The van der Waals surface area contributed by atoms with Gasteiger partial charge in [-0.3, -0.25) is 4.79 Å². The number of carbonyl (C=O) groups is 2. The molecule has 2 aliphatic rings. The zero-order chi connectivity index (χ0) is 20.7. The predicted octanol–water partition coefficient (Wildman–Crippen LogP) is 3.62. The maximum Gasteiger partial charge on any atom is 0.336 e. The van der Waals surface area contributed by atoms with Gasteiger partial charge in [-0.2, -0.15) is 0 Å². The molecule has 0 spiro atoms. The van der Waals surface area contributed by atoms with Crippen LogP contribution in [0.3, 0.4) is 0 Å². The number of carbonyl (C=O) groups excluding carboxylic acids is 2. The van der Waals surface area contributed by atoms with Crippen molar-refractivity contribution in [3.05, 3.63) is 58.2 Å². The summed E-state index contributed by atoms with van der Waals surface area (Å²) in [6.45, 7) is 10.1. The minimum atomic E-state index is -1.00. The molecule has 1 aromatic carbocycles. The highest BCUT2D eigenvalue weighted by atomic mass is 16.6. The Bertz CT molecular complexity index is 747. The van der Waals surface area contributed by atoms with E-state index in [0.29, 0.717) is 11.1 Å². The van der Waals surface area contributed by atoms with Crippen molar-refractivity contribution >= 4 is 11.9 Å². The Morgan fingerprint density at radius 1 is 1.20 bits per heavy atom. The van der Waals surface area contributed by atoms with Crippen LogP contribution in [0.1, 0.15) is 50.6 Å². The first-order valence-corrected chi connectivity index (χ1v) is 8.32. The van der Waals surface area contributed by atoms with E-state index < -0.39 is 12.3 Å². The van der Waals surface area contributed by atoms with Gasteiger partial charge >= 0.3 is 5.97 Å². The van der Waals surface area contributed by atoms with Crippen molar-refractivity contribution in [3.8, 4) is 0 Å². The third kappa shape index (κ3) is 3.99. The van der Waals surface area contributed by atoms with Gasteiger partial charge in [0.2, 0.25) is 12.2 Å². The number of hydrogen-bond acceptors (Lipinski definition) is 4. The van der Waals surface area contributed by atoms with Gasteiger partial charge in [0, 0.05) is 27.7 Å². The molecule has 0 saturated heterocycles. The molecule has 2 atom stereocenters. The highest BCUT2D eigenvalue weighted by molar-refractivity contribution is 5.96. The van der Waals surface area contributed by atoms with Crippen molar-refractivity contribution in [2.45, 2.75) is 47.0 Å². The number of rotatable bonds is 2. The van der Waals surface area contributed by atoms with E-state index in [1.807, 2.05) is 36.9 Å². The molecule has 3 rings (SSSR count). The SMILES string of the molecule is CC1=C(C)C(=O)N(C(C)c2ccccc2)C1.CC1=C(C)C(O)OC1=O.[2H][2H].[HH]. The molecule has 5 nitrogen and oxygen atoms in total. The first kappa shape index (κ1) is 17.4. The fraction of sp³-hybridized carbons (Fsp3) is 0.400. The predicted molar refractivity (Wildman–Crippen MR) is 99.6 cm³/mol. The molecule has 2 aliphatic heterocycles. The van der Waals surface area contributed by atoms with Crippen LogP contribution in [0.4, 0.5) is 0 Å². The van der Waals surface area contributed by atoms with Gasteiger partial charge in [-0.25, -0.2) is 4.79 Å². The standard InChI is InChI=1S/C14H17NO.C6H8O3.2H2/c1-10-9-15(14(16)11(10)2)12(3)13-7-5-4-6-8-13;1-3-4(2)6(8)9-5(3)7;;/h4-8,12H,9H2,1-3H3;5,7H,1-2H3;2*1H/i;;1+1D;. The molecule has 0 aromatic heterocycles. The highest BCUT2D eigenvalue weighted by Crippen LogP contribution is 2.28. The molecule has 1 amide bonds.